The van der Waals surface area contributed by atoms with Crippen molar-refractivity contribution in [1.29, 1.82) is 0 Å². The van der Waals surface area contributed by atoms with Gasteiger partial charge in [0.2, 0.25) is 0 Å². The average molecular weight is 227 g/mol. The van der Waals surface area contributed by atoms with E-state index in [9.17, 15) is 8.78 Å². The first-order valence-electron chi connectivity index (χ1n) is 5.48. The molecule has 0 radical (unpaired) electrons. The SMILES string of the molecule is CNC1CCC(Oc2ccc(F)cc2F)C1. The molecule has 0 amide bonds. The first-order chi connectivity index (χ1) is 7.69. The Kier molecular flexibility index (Phi) is 3.39. The summed E-state index contributed by atoms with van der Waals surface area (Å²) in [6.45, 7) is 0. The summed E-state index contributed by atoms with van der Waals surface area (Å²) in [5.41, 5.74) is 0. The fraction of sp³-hybridized carbons (Fsp3) is 0.500. The van der Waals surface area contributed by atoms with E-state index in [4.69, 9.17) is 4.74 Å². The molecule has 1 aromatic rings. The minimum atomic E-state index is -0.632. The zero-order valence-electron chi connectivity index (χ0n) is 9.17. The van der Waals surface area contributed by atoms with Crippen LogP contribution in [0.4, 0.5) is 8.78 Å². The number of hydrogen-bond acceptors (Lipinski definition) is 2. The molecule has 0 spiro atoms. The van der Waals surface area contributed by atoms with Gasteiger partial charge >= 0.3 is 0 Å². The Morgan fingerprint density at radius 2 is 2.12 bits per heavy atom. The summed E-state index contributed by atoms with van der Waals surface area (Å²) in [7, 11) is 1.91. The predicted octanol–water partition coefficient (Wildman–Crippen LogP) is 2.48. The van der Waals surface area contributed by atoms with Crippen molar-refractivity contribution in [2.45, 2.75) is 31.4 Å². The molecule has 2 nitrogen and oxygen atoms in total. The lowest BCUT2D eigenvalue weighted by molar-refractivity contribution is 0.197. The lowest BCUT2D eigenvalue weighted by Gasteiger charge is -2.14. The highest BCUT2D eigenvalue weighted by molar-refractivity contribution is 5.25. The van der Waals surface area contributed by atoms with E-state index in [-0.39, 0.29) is 11.9 Å². The van der Waals surface area contributed by atoms with Gasteiger partial charge in [-0.25, -0.2) is 8.78 Å². The Morgan fingerprint density at radius 3 is 2.75 bits per heavy atom. The summed E-state index contributed by atoms with van der Waals surface area (Å²) in [6.07, 6.45) is 2.83. The standard InChI is InChI=1S/C12H15F2NO/c1-15-9-3-4-10(7-9)16-12-5-2-8(13)6-11(12)14/h2,5-6,9-10,15H,3-4,7H2,1H3. The smallest absolute Gasteiger partial charge is 0.167 e. The number of benzene rings is 1. The number of rotatable bonds is 3. The first-order valence-corrected chi connectivity index (χ1v) is 5.48. The van der Waals surface area contributed by atoms with E-state index in [0.29, 0.717) is 6.04 Å². The average Bonchev–Trinajstić information content (AvgIpc) is 2.70. The second-order valence-electron chi connectivity index (χ2n) is 4.11. The van der Waals surface area contributed by atoms with E-state index >= 15 is 0 Å². The minimum absolute atomic E-state index is 0.0254. The van der Waals surface area contributed by atoms with Gasteiger partial charge in [-0.1, -0.05) is 0 Å². The van der Waals surface area contributed by atoms with E-state index in [1.807, 2.05) is 7.05 Å². The zero-order valence-corrected chi connectivity index (χ0v) is 9.17. The van der Waals surface area contributed by atoms with Crippen LogP contribution in [0.15, 0.2) is 18.2 Å². The maximum Gasteiger partial charge on any atom is 0.167 e. The molecule has 0 saturated heterocycles. The van der Waals surface area contributed by atoms with Gasteiger partial charge in [0.1, 0.15) is 11.9 Å². The normalized spacial score (nSPS) is 24.7. The molecule has 1 N–H and O–H groups in total. The Balaban J connectivity index is 1.99. The maximum absolute atomic E-state index is 13.3. The fourth-order valence-corrected chi connectivity index (χ4v) is 2.06. The molecule has 0 aliphatic heterocycles. The minimum Gasteiger partial charge on any atom is -0.487 e. The topological polar surface area (TPSA) is 21.3 Å². The highest BCUT2D eigenvalue weighted by Gasteiger charge is 2.25. The number of ether oxygens (including phenoxy) is 1. The number of nitrogens with one attached hydrogen (secondary N) is 1. The van der Waals surface area contributed by atoms with Crippen LogP contribution in [0.25, 0.3) is 0 Å². The molecule has 4 heteroatoms. The second-order valence-corrected chi connectivity index (χ2v) is 4.11. The maximum atomic E-state index is 13.3. The van der Waals surface area contributed by atoms with E-state index in [1.54, 1.807) is 0 Å². The van der Waals surface area contributed by atoms with Gasteiger partial charge < -0.3 is 10.1 Å². The van der Waals surface area contributed by atoms with E-state index < -0.39 is 11.6 Å². The quantitative estimate of drug-likeness (QED) is 0.856. The van der Waals surface area contributed by atoms with Crippen molar-refractivity contribution in [2.75, 3.05) is 7.05 Å². The molecule has 88 valence electrons. The molecule has 1 saturated carbocycles. The third kappa shape index (κ3) is 2.50. The van der Waals surface area contributed by atoms with Crippen molar-refractivity contribution in [3.05, 3.63) is 29.8 Å². The molecule has 2 rings (SSSR count). The Bertz CT molecular complexity index is 370. The molecule has 0 aromatic heterocycles. The number of hydrogen-bond donors (Lipinski definition) is 1. The molecule has 16 heavy (non-hydrogen) atoms. The van der Waals surface area contributed by atoms with Gasteiger partial charge in [0.05, 0.1) is 0 Å². The third-order valence-corrected chi connectivity index (χ3v) is 2.98. The van der Waals surface area contributed by atoms with Gasteiger partial charge in [-0.3, -0.25) is 0 Å². The van der Waals surface area contributed by atoms with Gasteiger partial charge in [-0.05, 0) is 38.4 Å². The van der Waals surface area contributed by atoms with Crippen molar-refractivity contribution in [3.63, 3.8) is 0 Å². The molecule has 1 fully saturated rings. The second kappa shape index (κ2) is 4.78. The van der Waals surface area contributed by atoms with Gasteiger partial charge in [-0.15, -0.1) is 0 Å². The van der Waals surface area contributed by atoms with Crippen molar-refractivity contribution in [2.24, 2.45) is 0 Å². The number of halogens is 2. The molecule has 1 aromatic carbocycles. The summed E-state index contributed by atoms with van der Waals surface area (Å²) >= 11 is 0. The van der Waals surface area contributed by atoms with Crippen LogP contribution in [0.3, 0.4) is 0 Å². The molecule has 2 atom stereocenters. The molecule has 2 unspecified atom stereocenters. The van der Waals surface area contributed by atoms with Crippen molar-refractivity contribution in [3.8, 4) is 5.75 Å². The van der Waals surface area contributed by atoms with Crippen molar-refractivity contribution < 1.29 is 13.5 Å². The predicted molar refractivity (Wildman–Crippen MR) is 57.5 cm³/mol. The van der Waals surface area contributed by atoms with Crippen LogP contribution in [-0.4, -0.2) is 19.2 Å². The van der Waals surface area contributed by atoms with Gasteiger partial charge in [0, 0.05) is 12.1 Å². The van der Waals surface area contributed by atoms with Crippen LogP contribution in [0.5, 0.6) is 5.75 Å². The van der Waals surface area contributed by atoms with Gasteiger partial charge in [0.25, 0.3) is 0 Å². The molecule has 0 heterocycles. The van der Waals surface area contributed by atoms with E-state index in [0.717, 1.165) is 25.3 Å². The molecular weight excluding hydrogens is 212 g/mol. The van der Waals surface area contributed by atoms with Crippen LogP contribution >= 0.6 is 0 Å². The summed E-state index contributed by atoms with van der Waals surface area (Å²) in [6, 6.07) is 3.84. The summed E-state index contributed by atoms with van der Waals surface area (Å²) in [5, 5.41) is 3.17. The van der Waals surface area contributed by atoms with Crippen molar-refractivity contribution in [1.82, 2.24) is 5.32 Å². The molecular formula is C12H15F2NO. The van der Waals surface area contributed by atoms with Crippen LogP contribution in [0.1, 0.15) is 19.3 Å². The zero-order chi connectivity index (χ0) is 11.5. The van der Waals surface area contributed by atoms with Gasteiger partial charge in [-0.2, -0.15) is 0 Å². The van der Waals surface area contributed by atoms with Crippen LogP contribution in [0.2, 0.25) is 0 Å². The first kappa shape index (κ1) is 11.3. The van der Waals surface area contributed by atoms with Crippen LogP contribution in [0, 0.1) is 11.6 Å². The molecule has 1 aliphatic rings. The highest BCUT2D eigenvalue weighted by atomic mass is 19.1. The van der Waals surface area contributed by atoms with E-state index in [1.165, 1.54) is 12.1 Å². The Morgan fingerprint density at radius 1 is 1.31 bits per heavy atom. The third-order valence-electron chi connectivity index (χ3n) is 2.98. The highest BCUT2D eigenvalue weighted by Crippen LogP contribution is 2.26. The summed E-state index contributed by atoms with van der Waals surface area (Å²) in [5.74, 6) is -1.07. The van der Waals surface area contributed by atoms with Crippen LogP contribution in [-0.2, 0) is 0 Å². The molecule has 0 bridgehead atoms. The summed E-state index contributed by atoms with van der Waals surface area (Å²) in [4.78, 5) is 0. The lowest BCUT2D eigenvalue weighted by atomic mass is 10.2. The fourth-order valence-electron chi connectivity index (χ4n) is 2.06. The monoisotopic (exact) mass is 227 g/mol. The Labute approximate surface area is 93.6 Å². The van der Waals surface area contributed by atoms with Crippen molar-refractivity contribution >= 4 is 0 Å². The van der Waals surface area contributed by atoms with E-state index in [2.05, 4.69) is 5.32 Å². The Hall–Kier alpha value is -1.16. The largest absolute Gasteiger partial charge is 0.487 e. The molecule has 1 aliphatic carbocycles. The lowest BCUT2D eigenvalue weighted by Crippen LogP contribution is -2.23. The van der Waals surface area contributed by atoms with Gasteiger partial charge in [0.15, 0.2) is 11.6 Å². The van der Waals surface area contributed by atoms with Crippen LogP contribution < -0.4 is 10.1 Å². The summed E-state index contributed by atoms with van der Waals surface area (Å²) < 4.78 is 31.5.